The van der Waals surface area contributed by atoms with E-state index in [0.29, 0.717) is 5.60 Å². The van der Waals surface area contributed by atoms with Crippen molar-refractivity contribution >= 4 is 0 Å². The van der Waals surface area contributed by atoms with E-state index in [9.17, 15) is 0 Å². The molecule has 0 bridgehead atoms. The molecular formula is C16H29NO. The molecule has 1 aliphatic carbocycles. The van der Waals surface area contributed by atoms with E-state index >= 15 is 0 Å². The first kappa shape index (κ1) is 12.9. The molecule has 2 aliphatic heterocycles. The highest BCUT2D eigenvalue weighted by Crippen LogP contribution is 2.44. The quantitative estimate of drug-likeness (QED) is 0.770. The van der Waals surface area contributed by atoms with Gasteiger partial charge in [0, 0.05) is 12.6 Å². The normalized spacial score (nSPS) is 40.8. The predicted molar refractivity (Wildman–Crippen MR) is 74.7 cm³/mol. The van der Waals surface area contributed by atoms with E-state index < -0.39 is 0 Å². The maximum Gasteiger partial charge on any atom is 0.0685 e. The van der Waals surface area contributed by atoms with E-state index in [1.165, 1.54) is 64.3 Å². The first-order chi connectivity index (χ1) is 8.77. The molecule has 0 radical (unpaired) electrons. The highest BCUT2D eigenvalue weighted by molar-refractivity contribution is 4.92. The van der Waals surface area contributed by atoms with Crippen LogP contribution in [0.4, 0.5) is 0 Å². The van der Waals surface area contributed by atoms with Gasteiger partial charge in [0.15, 0.2) is 0 Å². The maximum atomic E-state index is 6.24. The summed E-state index contributed by atoms with van der Waals surface area (Å²) in [6, 6.07) is 0.730. The van der Waals surface area contributed by atoms with Gasteiger partial charge in [-0.15, -0.1) is 0 Å². The lowest BCUT2D eigenvalue weighted by Gasteiger charge is -2.46. The van der Waals surface area contributed by atoms with Crippen LogP contribution in [0.2, 0.25) is 0 Å². The third-order valence-electron chi connectivity index (χ3n) is 5.63. The van der Waals surface area contributed by atoms with Crippen molar-refractivity contribution in [2.75, 3.05) is 13.2 Å². The van der Waals surface area contributed by atoms with Crippen LogP contribution in [0.5, 0.6) is 0 Å². The zero-order valence-electron chi connectivity index (χ0n) is 11.9. The Morgan fingerprint density at radius 1 is 1.06 bits per heavy atom. The Bertz CT molecular complexity index is 267. The Morgan fingerprint density at radius 3 is 2.67 bits per heavy atom. The van der Waals surface area contributed by atoms with Gasteiger partial charge in [-0.05, 0) is 63.8 Å². The van der Waals surface area contributed by atoms with Gasteiger partial charge in [-0.2, -0.15) is 0 Å². The van der Waals surface area contributed by atoms with Crippen LogP contribution in [0.15, 0.2) is 0 Å². The summed E-state index contributed by atoms with van der Waals surface area (Å²) in [7, 11) is 0. The van der Waals surface area contributed by atoms with Gasteiger partial charge in [0.1, 0.15) is 0 Å². The molecule has 0 amide bonds. The Balaban J connectivity index is 1.62. The largest absolute Gasteiger partial charge is 0.375 e. The fraction of sp³-hybridized carbons (Fsp3) is 1.00. The van der Waals surface area contributed by atoms with Gasteiger partial charge in [-0.1, -0.05) is 19.3 Å². The minimum absolute atomic E-state index is 0.301. The van der Waals surface area contributed by atoms with Crippen LogP contribution < -0.4 is 5.32 Å². The molecule has 0 aromatic heterocycles. The van der Waals surface area contributed by atoms with E-state index in [2.05, 4.69) is 12.2 Å². The maximum absolute atomic E-state index is 6.24. The molecule has 3 rings (SSSR count). The molecule has 0 aromatic carbocycles. The molecule has 1 saturated carbocycles. The van der Waals surface area contributed by atoms with Crippen LogP contribution in [0.25, 0.3) is 0 Å². The minimum Gasteiger partial charge on any atom is -0.375 e. The Morgan fingerprint density at radius 2 is 1.89 bits per heavy atom. The van der Waals surface area contributed by atoms with Gasteiger partial charge >= 0.3 is 0 Å². The molecular weight excluding hydrogens is 222 g/mol. The first-order valence-corrected chi connectivity index (χ1v) is 8.15. The van der Waals surface area contributed by atoms with Gasteiger partial charge in [0.2, 0.25) is 0 Å². The Kier molecular flexibility index (Phi) is 3.95. The summed E-state index contributed by atoms with van der Waals surface area (Å²) in [5.41, 5.74) is 0.301. The molecule has 0 aromatic rings. The molecule has 2 heterocycles. The van der Waals surface area contributed by atoms with Crippen molar-refractivity contribution in [2.24, 2.45) is 11.8 Å². The van der Waals surface area contributed by atoms with Crippen LogP contribution in [0, 0.1) is 11.8 Å². The fourth-order valence-corrected chi connectivity index (χ4v) is 4.61. The summed E-state index contributed by atoms with van der Waals surface area (Å²) in [6.07, 6.45) is 12.4. The van der Waals surface area contributed by atoms with Gasteiger partial charge in [0.25, 0.3) is 0 Å². The van der Waals surface area contributed by atoms with Gasteiger partial charge in [0.05, 0.1) is 5.60 Å². The summed E-state index contributed by atoms with van der Waals surface area (Å²) < 4.78 is 6.24. The van der Waals surface area contributed by atoms with Crippen molar-refractivity contribution in [1.82, 2.24) is 5.32 Å². The highest BCUT2D eigenvalue weighted by Gasteiger charge is 2.41. The number of nitrogens with one attached hydrogen (secondary N) is 1. The zero-order valence-corrected chi connectivity index (χ0v) is 11.9. The summed E-state index contributed by atoms with van der Waals surface area (Å²) in [5, 5.41) is 3.59. The highest BCUT2D eigenvalue weighted by atomic mass is 16.5. The van der Waals surface area contributed by atoms with Gasteiger partial charge in [-0.3, -0.25) is 0 Å². The number of piperidine rings is 1. The molecule has 3 aliphatic rings. The van der Waals surface area contributed by atoms with Crippen molar-refractivity contribution in [3.05, 3.63) is 0 Å². The molecule has 3 fully saturated rings. The second-order valence-corrected chi connectivity index (χ2v) is 6.98. The average Bonchev–Trinajstić information content (AvgIpc) is 2.40. The second-order valence-electron chi connectivity index (χ2n) is 6.98. The molecule has 2 nitrogen and oxygen atoms in total. The molecule has 3 atom stereocenters. The average molecular weight is 251 g/mol. The lowest BCUT2D eigenvalue weighted by atomic mass is 9.70. The lowest BCUT2D eigenvalue weighted by molar-refractivity contribution is -0.127. The van der Waals surface area contributed by atoms with E-state index in [-0.39, 0.29) is 0 Å². The molecule has 3 unspecified atom stereocenters. The molecule has 18 heavy (non-hydrogen) atoms. The molecule has 1 spiro atoms. The monoisotopic (exact) mass is 251 g/mol. The number of hydrogen-bond acceptors (Lipinski definition) is 2. The van der Waals surface area contributed by atoms with Gasteiger partial charge < -0.3 is 10.1 Å². The van der Waals surface area contributed by atoms with Crippen LogP contribution in [-0.4, -0.2) is 24.8 Å². The number of hydrogen-bond donors (Lipinski definition) is 1. The SMILES string of the molecule is CC1CC(C2CCOC3(CCCCC3)C2)CCN1. The van der Waals surface area contributed by atoms with Crippen molar-refractivity contribution in [3.8, 4) is 0 Å². The molecule has 1 N–H and O–H groups in total. The Labute approximate surface area is 112 Å². The third-order valence-corrected chi connectivity index (χ3v) is 5.63. The van der Waals surface area contributed by atoms with Crippen molar-refractivity contribution in [1.29, 1.82) is 0 Å². The number of rotatable bonds is 1. The van der Waals surface area contributed by atoms with E-state index in [0.717, 1.165) is 24.5 Å². The van der Waals surface area contributed by atoms with E-state index in [4.69, 9.17) is 4.74 Å². The fourth-order valence-electron chi connectivity index (χ4n) is 4.61. The third kappa shape index (κ3) is 2.75. The molecule has 2 saturated heterocycles. The van der Waals surface area contributed by atoms with Crippen LogP contribution in [0.3, 0.4) is 0 Å². The topological polar surface area (TPSA) is 21.3 Å². The summed E-state index contributed by atoms with van der Waals surface area (Å²) in [4.78, 5) is 0. The van der Waals surface area contributed by atoms with Crippen LogP contribution in [-0.2, 0) is 4.74 Å². The smallest absolute Gasteiger partial charge is 0.0685 e. The summed E-state index contributed by atoms with van der Waals surface area (Å²) in [6.45, 7) is 4.61. The van der Waals surface area contributed by atoms with Crippen molar-refractivity contribution < 1.29 is 4.74 Å². The van der Waals surface area contributed by atoms with Gasteiger partial charge in [-0.25, -0.2) is 0 Å². The van der Waals surface area contributed by atoms with Crippen LogP contribution >= 0.6 is 0 Å². The lowest BCUT2D eigenvalue weighted by Crippen LogP contribution is -2.46. The second kappa shape index (κ2) is 5.50. The minimum atomic E-state index is 0.301. The standard InChI is InChI=1S/C16H29NO/c1-13-11-14(5-9-17-13)15-6-10-18-16(12-15)7-3-2-4-8-16/h13-15,17H,2-12H2,1H3. The number of ether oxygens (including phenoxy) is 1. The Hall–Kier alpha value is -0.0800. The molecule has 2 heteroatoms. The van der Waals surface area contributed by atoms with E-state index in [1.807, 2.05) is 0 Å². The molecule has 104 valence electrons. The van der Waals surface area contributed by atoms with Crippen molar-refractivity contribution in [2.45, 2.75) is 76.4 Å². The van der Waals surface area contributed by atoms with Crippen LogP contribution in [0.1, 0.15) is 64.7 Å². The summed E-state index contributed by atoms with van der Waals surface area (Å²) >= 11 is 0. The summed E-state index contributed by atoms with van der Waals surface area (Å²) in [5.74, 6) is 1.91. The van der Waals surface area contributed by atoms with E-state index in [1.54, 1.807) is 0 Å². The van der Waals surface area contributed by atoms with Crippen molar-refractivity contribution in [3.63, 3.8) is 0 Å². The first-order valence-electron chi connectivity index (χ1n) is 8.15. The predicted octanol–water partition coefficient (Wildman–Crippen LogP) is 3.50. The zero-order chi connectivity index (χ0) is 12.4.